The minimum absolute atomic E-state index is 0.139. The van der Waals surface area contributed by atoms with Crippen LogP contribution in [0.5, 0.6) is 0 Å². The quantitative estimate of drug-likeness (QED) is 0.891. The van der Waals surface area contributed by atoms with Crippen LogP contribution in [0.2, 0.25) is 0 Å². The molecular formula is C10H12BrN3O. The first kappa shape index (κ1) is 10.5. The summed E-state index contributed by atoms with van der Waals surface area (Å²) in [6.45, 7) is 4.26. The van der Waals surface area contributed by atoms with Crippen LogP contribution in [0.4, 0.5) is 0 Å². The Kier molecular flexibility index (Phi) is 2.50. The van der Waals surface area contributed by atoms with Crippen molar-refractivity contribution in [3.05, 3.63) is 22.7 Å². The zero-order valence-electron chi connectivity index (χ0n) is 8.62. The first-order valence-corrected chi connectivity index (χ1v) is 5.56. The maximum Gasteiger partial charge on any atom is 0.271 e. The predicted octanol–water partition coefficient (Wildman–Crippen LogP) is 1.77. The van der Waals surface area contributed by atoms with E-state index in [2.05, 4.69) is 45.1 Å². The van der Waals surface area contributed by atoms with Crippen LogP contribution in [0.1, 0.15) is 30.8 Å². The molecule has 0 bridgehead atoms. The third kappa shape index (κ3) is 2.17. The molecule has 1 aromatic heterocycles. The van der Waals surface area contributed by atoms with Gasteiger partial charge in [-0.15, -0.1) is 0 Å². The molecule has 0 spiro atoms. The summed E-state index contributed by atoms with van der Waals surface area (Å²) in [5.74, 6) is -0.139. The number of aromatic nitrogens is 2. The van der Waals surface area contributed by atoms with E-state index in [4.69, 9.17) is 0 Å². The third-order valence-corrected chi connectivity index (χ3v) is 3.28. The van der Waals surface area contributed by atoms with Crippen molar-refractivity contribution in [3.8, 4) is 0 Å². The fourth-order valence-electron chi connectivity index (χ4n) is 1.42. The van der Waals surface area contributed by atoms with Gasteiger partial charge in [0.1, 0.15) is 12.0 Å². The summed E-state index contributed by atoms with van der Waals surface area (Å²) in [7, 11) is 0. The standard InChI is InChI=1S/C10H12BrN3O/c1-10(2)3-7(10)14-9(15)8-6(11)4-12-5-13-8/h4-5,7H,3H2,1-2H3,(H,14,15). The normalized spacial score (nSPS) is 22.2. The zero-order valence-corrected chi connectivity index (χ0v) is 10.2. The van der Waals surface area contributed by atoms with Crippen molar-refractivity contribution in [2.75, 3.05) is 0 Å². The number of carbonyl (C=O) groups is 1. The van der Waals surface area contributed by atoms with Crippen LogP contribution in [0.25, 0.3) is 0 Å². The van der Waals surface area contributed by atoms with Gasteiger partial charge in [-0.05, 0) is 27.8 Å². The molecule has 15 heavy (non-hydrogen) atoms. The van der Waals surface area contributed by atoms with Gasteiger partial charge in [0.25, 0.3) is 5.91 Å². The van der Waals surface area contributed by atoms with E-state index in [0.717, 1.165) is 6.42 Å². The van der Waals surface area contributed by atoms with Gasteiger partial charge >= 0.3 is 0 Å². The van der Waals surface area contributed by atoms with Gasteiger partial charge in [0.15, 0.2) is 0 Å². The smallest absolute Gasteiger partial charge is 0.271 e. The van der Waals surface area contributed by atoms with E-state index in [9.17, 15) is 4.79 Å². The molecule has 1 atom stereocenters. The summed E-state index contributed by atoms with van der Waals surface area (Å²) in [5.41, 5.74) is 0.627. The number of nitrogens with zero attached hydrogens (tertiary/aromatic N) is 2. The Balaban J connectivity index is 2.06. The number of hydrogen-bond acceptors (Lipinski definition) is 3. The van der Waals surface area contributed by atoms with Crippen molar-refractivity contribution in [1.82, 2.24) is 15.3 Å². The van der Waals surface area contributed by atoms with Gasteiger partial charge in [-0.1, -0.05) is 13.8 Å². The number of rotatable bonds is 2. The van der Waals surface area contributed by atoms with Gasteiger partial charge in [-0.2, -0.15) is 0 Å². The van der Waals surface area contributed by atoms with E-state index in [-0.39, 0.29) is 17.4 Å². The van der Waals surface area contributed by atoms with Crippen LogP contribution in [0, 0.1) is 5.41 Å². The molecule has 1 amide bonds. The van der Waals surface area contributed by atoms with Gasteiger partial charge in [-0.25, -0.2) is 9.97 Å². The van der Waals surface area contributed by atoms with Gasteiger partial charge in [0.05, 0.1) is 4.47 Å². The maximum absolute atomic E-state index is 11.8. The predicted molar refractivity (Wildman–Crippen MR) is 59.4 cm³/mol. The van der Waals surface area contributed by atoms with E-state index in [1.54, 1.807) is 6.20 Å². The summed E-state index contributed by atoms with van der Waals surface area (Å²) in [6, 6.07) is 0.270. The molecule has 1 saturated carbocycles. The van der Waals surface area contributed by atoms with Crippen molar-refractivity contribution in [1.29, 1.82) is 0 Å². The number of halogens is 1. The van der Waals surface area contributed by atoms with Crippen LogP contribution in [-0.4, -0.2) is 21.9 Å². The van der Waals surface area contributed by atoms with Gasteiger partial charge in [0.2, 0.25) is 0 Å². The molecule has 2 rings (SSSR count). The highest BCUT2D eigenvalue weighted by Gasteiger charge is 2.46. The number of carbonyl (C=O) groups excluding carboxylic acids is 1. The number of nitrogens with one attached hydrogen (secondary N) is 1. The average molecular weight is 270 g/mol. The molecule has 1 heterocycles. The average Bonchev–Trinajstić information content (AvgIpc) is 2.74. The SMILES string of the molecule is CC1(C)CC1NC(=O)c1ncncc1Br. The van der Waals surface area contributed by atoms with E-state index >= 15 is 0 Å². The van der Waals surface area contributed by atoms with Crippen LogP contribution in [0.3, 0.4) is 0 Å². The monoisotopic (exact) mass is 269 g/mol. The van der Waals surface area contributed by atoms with Crippen molar-refractivity contribution < 1.29 is 4.79 Å². The molecular weight excluding hydrogens is 258 g/mol. The van der Waals surface area contributed by atoms with Crippen molar-refractivity contribution in [3.63, 3.8) is 0 Å². The molecule has 0 saturated heterocycles. The van der Waals surface area contributed by atoms with Crippen LogP contribution >= 0.6 is 15.9 Å². The van der Waals surface area contributed by atoms with Crippen LogP contribution in [-0.2, 0) is 0 Å². The second-order valence-electron chi connectivity index (χ2n) is 4.44. The molecule has 1 aliphatic carbocycles. The molecule has 0 aromatic carbocycles. The van der Waals surface area contributed by atoms with E-state index < -0.39 is 0 Å². The third-order valence-electron chi connectivity index (χ3n) is 2.70. The van der Waals surface area contributed by atoms with Gasteiger partial charge < -0.3 is 5.32 Å². The lowest BCUT2D eigenvalue weighted by atomic mass is 10.2. The molecule has 1 aromatic rings. The molecule has 0 radical (unpaired) electrons. The van der Waals surface area contributed by atoms with Gasteiger partial charge in [0, 0.05) is 12.2 Å². The molecule has 0 aliphatic heterocycles. The van der Waals surface area contributed by atoms with Crippen molar-refractivity contribution >= 4 is 21.8 Å². The molecule has 1 unspecified atom stereocenters. The fourth-order valence-corrected chi connectivity index (χ4v) is 1.82. The molecule has 5 heteroatoms. The molecule has 80 valence electrons. The number of hydrogen-bond donors (Lipinski definition) is 1. The van der Waals surface area contributed by atoms with Gasteiger partial charge in [-0.3, -0.25) is 4.79 Å². The Labute approximate surface area is 96.6 Å². The Morgan fingerprint density at radius 2 is 2.33 bits per heavy atom. The summed E-state index contributed by atoms with van der Waals surface area (Å²) >= 11 is 3.25. The lowest BCUT2D eigenvalue weighted by molar-refractivity contribution is 0.0940. The first-order valence-electron chi connectivity index (χ1n) is 4.77. The molecule has 4 nitrogen and oxygen atoms in total. The lowest BCUT2D eigenvalue weighted by Crippen LogP contribution is -2.29. The molecule has 1 N–H and O–H groups in total. The number of amides is 1. The van der Waals surface area contributed by atoms with E-state index in [1.165, 1.54) is 6.33 Å². The maximum atomic E-state index is 11.8. The van der Waals surface area contributed by atoms with E-state index in [0.29, 0.717) is 10.2 Å². The fraction of sp³-hybridized carbons (Fsp3) is 0.500. The first-order chi connectivity index (χ1) is 7.00. The summed E-state index contributed by atoms with van der Waals surface area (Å²) in [4.78, 5) is 19.5. The topological polar surface area (TPSA) is 54.9 Å². The Hall–Kier alpha value is -0.970. The van der Waals surface area contributed by atoms with Crippen LogP contribution in [0.15, 0.2) is 17.0 Å². The Morgan fingerprint density at radius 1 is 1.67 bits per heavy atom. The molecule has 1 aliphatic rings. The highest BCUT2D eigenvalue weighted by atomic mass is 79.9. The van der Waals surface area contributed by atoms with Crippen LogP contribution < -0.4 is 5.32 Å². The summed E-state index contributed by atoms with van der Waals surface area (Å²) in [5, 5.41) is 2.94. The minimum Gasteiger partial charge on any atom is -0.347 e. The summed E-state index contributed by atoms with van der Waals surface area (Å²) in [6.07, 6.45) is 3.97. The second kappa shape index (κ2) is 3.56. The largest absolute Gasteiger partial charge is 0.347 e. The highest BCUT2D eigenvalue weighted by molar-refractivity contribution is 9.10. The Bertz CT molecular complexity index is 405. The Morgan fingerprint density at radius 3 is 2.87 bits per heavy atom. The van der Waals surface area contributed by atoms with Crippen molar-refractivity contribution in [2.24, 2.45) is 5.41 Å². The lowest BCUT2D eigenvalue weighted by Gasteiger charge is -2.06. The zero-order chi connectivity index (χ0) is 11.1. The minimum atomic E-state index is -0.139. The molecule has 1 fully saturated rings. The highest BCUT2D eigenvalue weighted by Crippen LogP contribution is 2.44. The van der Waals surface area contributed by atoms with E-state index in [1.807, 2.05) is 0 Å². The summed E-state index contributed by atoms with van der Waals surface area (Å²) < 4.78 is 0.626. The van der Waals surface area contributed by atoms with Crippen molar-refractivity contribution in [2.45, 2.75) is 26.3 Å². The second-order valence-corrected chi connectivity index (χ2v) is 5.29.